The van der Waals surface area contributed by atoms with Gasteiger partial charge in [0.05, 0.1) is 12.7 Å². The summed E-state index contributed by atoms with van der Waals surface area (Å²) in [6.45, 7) is 4.45. The first-order valence-electron chi connectivity index (χ1n) is 9.11. The van der Waals surface area contributed by atoms with Crippen LogP contribution in [0.1, 0.15) is 12.5 Å². The van der Waals surface area contributed by atoms with Crippen molar-refractivity contribution < 1.29 is 49.6 Å². The molecule has 1 fully saturated rings. The molecular formula is C20H26O10. The van der Waals surface area contributed by atoms with Crippen molar-refractivity contribution in [3.63, 3.8) is 0 Å². The summed E-state index contributed by atoms with van der Waals surface area (Å²) in [5, 5.41) is 58.4. The van der Waals surface area contributed by atoms with Crippen LogP contribution in [0.15, 0.2) is 36.4 Å². The van der Waals surface area contributed by atoms with Gasteiger partial charge in [-0.25, -0.2) is 4.79 Å². The van der Waals surface area contributed by atoms with Crippen molar-refractivity contribution >= 4 is 12.0 Å². The molecule has 1 aliphatic rings. The zero-order valence-corrected chi connectivity index (χ0v) is 16.3. The number of phenolic OH excluding ortho intramolecular Hbond substituents is 2. The Morgan fingerprint density at radius 1 is 1.20 bits per heavy atom. The monoisotopic (exact) mass is 426 g/mol. The first-order chi connectivity index (χ1) is 14.1. The standard InChI is InChI=1S/C20H26O10/c1-10(2)14(23)8-29-20-19(27)18(26)17(25)15(30-20)9-28-16(24)6-4-11-3-5-12(21)13(22)7-11/h3-7,14-15,17-23,25-27H,1,8-9H2,2H3/t14-,15-,17-,18+,19-,20-/m1/s1. The van der Waals surface area contributed by atoms with Crippen LogP contribution in [0.3, 0.4) is 0 Å². The molecule has 1 aliphatic heterocycles. The van der Waals surface area contributed by atoms with Crippen LogP contribution in [0.5, 0.6) is 11.5 Å². The Bertz CT molecular complexity index is 777. The van der Waals surface area contributed by atoms with Gasteiger partial charge in [0, 0.05) is 6.08 Å². The smallest absolute Gasteiger partial charge is 0.330 e. The van der Waals surface area contributed by atoms with Crippen LogP contribution in [-0.4, -0.2) is 86.6 Å². The molecule has 1 heterocycles. The molecule has 10 nitrogen and oxygen atoms in total. The number of carbonyl (C=O) groups excluding carboxylic acids is 1. The number of hydrogen-bond donors (Lipinski definition) is 6. The number of phenols is 2. The molecule has 6 N–H and O–H groups in total. The Labute approximate surface area is 172 Å². The van der Waals surface area contributed by atoms with E-state index in [9.17, 15) is 35.4 Å². The third kappa shape index (κ3) is 6.26. The third-order valence-electron chi connectivity index (χ3n) is 4.46. The van der Waals surface area contributed by atoms with Crippen LogP contribution in [0.4, 0.5) is 0 Å². The summed E-state index contributed by atoms with van der Waals surface area (Å²) in [5.41, 5.74) is 0.861. The molecule has 6 atom stereocenters. The van der Waals surface area contributed by atoms with Gasteiger partial charge in [0.1, 0.15) is 31.0 Å². The number of aromatic hydroxyl groups is 2. The Morgan fingerprint density at radius 3 is 2.53 bits per heavy atom. The van der Waals surface area contributed by atoms with E-state index in [1.165, 1.54) is 24.3 Å². The molecule has 0 amide bonds. The van der Waals surface area contributed by atoms with Crippen LogP contribution in [0, 0.1) is 0 Å². The molecule has 1 aromatic carbocycles. The zero-order valence-electron chi connectivity index (χ0n) is 16.3. The molecule has 2 rings (SSSR count). The second kappa shape index (κ2) is 10.5. The van der Waals surface area contributed by atoms with E-state index >= 15 is 0 Å². The van der Waals surface area contributed by atoms with Crippen LogP contribution in [-0.2, 0) is 19.0 Å². The van der Waals surface area contributed by atoms with E-state index < -0.39 is 49.4 Å². The fraction of sp³-hybridized carbons (Fsp3) is 0.450. The number of rotatable bonds is 8. The molecule has 166 valence electrons. The van der Waals surface area contributed by atoms with E-state index in [1.807, 2.05) is 0 Å². The van der Waals surface area contributed by atoms with Crippen molar-refractivity contribution in [1.29, 1.82) is 0 Å². The summed E-state index contributed by atoms with van der Waals surface area (Å²) in [4.78, 5) is 11.9. The van der Waals surface area contributed by atoms with E-state index in [0.717, 1.165) is 6.08 Å². The summed E-state index contributed by atoms with van der Waals surface area (Å²) in [6, 6.07) is 3.96. The van der Waals surface area contributed by atoms with Gasteiger partial charge in [0.25, 0.3) is 0 Å². The maximum Gasteiger partial charge on any atom is 0.330 e. The highest BCUT2D eigenvalue weighted by Crippen LogP contribution is 2.25. The van der Waals surface area contributed by atoms with Gasteiger partial charge in [-0.3, -0.25) is 0 Å². The first kappa shape index (κ1) is 23.8. The lowest BCUT2D eigenvalue weighted by Gasteiger charge is -2.40. The second-order valence-electron chi connectivity index (χ2n) is 6.92. The van der Waals surface area contributed by atoms with Gasteiger partial charge in [-0.15, -0.1) is 0 Å². The van der Waals surface area contributed by atoms with Crippen molar-refractivity contribution in [2.24, 2.45) is 0 Å². The average molecular weight is 426 g/mol. The summed E-state index contributed by atoms with van der Waals surface area (Å²) in [6.07, 6.45) is -5.91. The van der Waals surface area contributed by atoms with E-state index in [1.54, 1.807) is 6.92 Å². The number of aliphatic hydroxyl groups is 4. The van der Waals surface area contributed by atoms with Crippen molar-refractivity contribution in [2.45, 2.75) is 43.7 Å². The van der Waals surface area contributed by atoms with Crippen molar-refractivity contribution in [1.82, 2.24) is 0 Å². The Kier molecular flexibility index (Phi) is 8.35. The topological polar surface area (TPSA) is 166 Å². The van der Waals surface area contributed by atoms with Gasteiger partial charge >= 0.3 is 5.97 Å². The highest BCUT2D eigenvalue weighted by Gasteiger charge is 2.44. The number of carbonyl (C=O) groups is 1. The lowest BCUT2D eigenvalue weighted by Crippen LogP contribution is -2.59. The number of benzene rings is 1. The lowest BCUT2D eigenvalue weighted by atomic mass is 9.99. The Hall–Kier alpha value is -2.47. The molecule has 1 saturated heterocycles. The molecule has 10 heteroatoms. The molecule has 0 unspecified atom stereocenters. The fourth-order valence-electron chi connectivity index (χ4n) is 2.54. The maximum atomic E-state index is 11.9. The Morgan fingerprint density at radius 2 is 1.90 bits per heavy atom. The fourth-order valence-corrected chi connectivity index (χ4v) is 2.54. The minimum absolute atomic E-state index is 0.255. The number of hydrogen-bond acceptors (Lipinski definition) is 10. The van der Waals surface area contributed by atoms with Gasteiger partial charge in [-0.1, -0.05) is 12.6 Å². The van der Waals surface area contributed by atoms with Crippen molar-refractivity contribution in [2.75, 3.05) is 13.2 Å². The molecule has 0 bridgehead atoms. The SMILES string of the molecule is C=C(C)[C@H](O)CO[C@@H]1O[C@H](COC(=O)C=Cc2ccc(O)c(O)c2)[C@@H](O)[C@H](O)[C@H]1O. The minimum Gasteiger partial charge on any atom is -0.504 e. The Balaban J connectivity index is 1.91. The summed E-state index contributed by atoms with van der Waals surface area (Å²) in [5.74, 6) is -1.44. The van der Waals surface area contributed by atoms with Gasteiger partial charge in [0.2, 0.25) is 0 Å². The quantitative estimate of drug-likeness (QED) is 0.137. The summed E-state index contributed by atoms with van der Waals surface area (Å²) >= 11 is 0. The molecule has 0 aromatic heterocycles. The van der Waals surface area contributed by atoms with E-state index in [2.05, 4.69) is 6.58 Å². The lowest BCUT2D eigenvalue weighted by molar-refractivity contribution is -0.304. The van der Waals surface area contributed by atoms with Crippen LogP contribution in [0.2, 0.25) is 0 Å². The molecule has 1 aromatic rings. The van der Waals surface area contributed by atoms with Gasteiger partial charge in [0.15, 0.2) is 17.8 Å². The number of aliphatic hydroxyl groups excluding tert-OH is 4. The molecule has 0 radical (unpaired) electrons. The highest BCUT2D eigenvalue weighted by atomic mass is 16.7. The average Bonchev–Trinajstić information content (AvgIpc) is 2.71. The zero-order chi connectivity index (χ0) is 22.4. The summed E-state index contributed by atoms with van der Waals surface area (Å²) < 4.78 is 15.6. The molecule has 30 heavy (non-hydrogen) atoms. The van der Waals surface area contributed by atoms with Crippen LogP contribution < -0.4 is 0 Å². The van der Waals surface area contributed by atoms with Crippen molar-refractivity contribution in [3.8, 4) is 11.5 Å². The van der Waals surface area contributed by atoms with Gasteiger partial charge in [-0.05, 0) is 36.3 Å². The van der Waals surface area contributed by atoms with E-state index in [-0.39, 0.29) is 18.1 Å². The number of esters is 1. The minimum atomic E-state index is -1.62. The van der Waals surface area contributed by atoms with Crippen LogP contribution >= 0.6 is 0 Å². The van der Waals surface area contributed by atoms with Gasteiger partial charge < -0.3 is 44.8 Å². The van der Waals surface area contributed by atoms with E-state index in [0.29, 0.717) is 11.1 Å². The molecule has 0 spiro atoms. The highest BCUT2D eigenvalue weighted by molar-refractivity contribution is 5.87. The summed E-state index contributed by atoms with van der Waals surface area (Å²) in [7, 11) is 0. The molecular weight excluding hydrogens is 400 g/mol. The predicted octanol–water partition coefficient (Wildman–Crippen LogP) is -0.585. The molecule has 0 saturated carbocycles. The predicted molar refractivity (Wildman–Crippen MR) is 103 cm³/mol. The molecule has 0 aliphatic carbocycles. The van der Waals surface area contributed by atoms with Crippen LogP contribution in [0.25, 0.3) is 6.08 Å². The van der Waals surface area contributed by atoms with Gasteiger partial charge in [-0.2, -0.15) is 0 Å². The largest absolute Gasteiger partial charge is 0.504 e. The third-order valence-corrected chi connectivity index (χ3v) is 4.46. The number of ether oxygens (including phenoxy) is 3. The second-order valence-corrected chi connectivity index (χ2v) is 6.92. The van der Waals surface area contributed by atoms with Crippen molar-refractivity contribution in [3.05, 3.63) is 42.0 Å². The maximum absolute atomic E-state index is 11.9. The normalized spacial score (nSPS) is 27.7. The van der Waals surface area contributed by atoms with E-state index in [4.69, 9.17) is 14.2 Å². The first-order valence-corrected chi connectivity index (χ1v) is 9.11.